The van der Waals surface area contributed by atoms with Crippen molar-refractivity contribution in [2.45, 2.75) is 25.2 Å². The van der Waals surface area contributed by atoms with E-state index in [0.29, 0.717) is 23.2 Å². The molecule has 4 aromatic rings. The number of fused-ring (bicyclic) bond motifs is 1. The fraction of sp³-hybridized carbons (Fsp3) is 0.174. The Kier molecular flexibility index (Phi) is 4.77. The third kappa shape index (κ3) is 3.96. The molecule has 0 aliphatic heterocycles. The molecule has 0 bridgehead atoms. The zero-order valence-electron chi connectivity index (χ0n) is 16.2. The summed E-state index contributed by atoms with van der Waals surface area (Å²) in [5, 5.41) is 10.5. The van der Waals surface area contributed by atoms with Crippen molar-refractivity contribution in [3.63, 3.8) is 0 Å². The number of aromatic nitrogens is 2. The van der Waals surface area contributed by atoms with Crippen molar-refractivity contribution in [2.75, 3.05) is 10.6 Å². The van der Waals surface area contributed by atoms with E-state index in [1.165, 1.54) is 6.42 Å². The van der Waals surface area contributed by atoms with Gasteiger partial charge in [-0.05, 0) is 61.4 Å². The first-order valence-corrected chi connectivity index (χ1v) is 9.90. The Morgan fingerprint density at radius 3 is 2.63 bits per heavy atom. The first-order valence-electron chi connectivity index (χ1n) is 9.90. The van der Waals surface area contributed by atoms with E-state index in [-0.39, 0.29) is 6.03 Å². The van der Waals surface area contributed by atoms with Gasteiger partial charge in [0.1, 0.15) is 11.5 Å². The molecule has 0 unspecified atom stereocenters. The number of hydrogen-bond acceptors (Lipinski definition) is 5. The second-order valence-corrected chi connectivity index (χ2v) is 7.31. The summed E-state index contributed by atoms with van der Waals surface area (Å²) in [6, 6.07) is 18.2. The predicted octanol–water partition coefficient (Wildman–Crippen LogP) is 5.93. The van der Waals surface area contributed by atoms with Crippen LogP contribution in [0.2, 0.25) is 0 Å². The van der Waals surface area contributed by atoms with E-state index >= 15 is 0 Å². The summed E-state index contributed by atoms with van der Waals surface area (Å²) in [5.74, 6) is 2.20. The average Bonchev–Trinajstić information content (AvgIpc) is 3.15. The van der Waals surface area contributed by atoms with Crippen LogP contribution in [0.15, 0.2) is 71.4 Å². The Morgan fingerprint density at radius 2 is 1.83 bits per heavy atom. The van der Waals surface area contributed by atoms with Crippen molar-refractivity contribution in [1.29, 1.82) is 0 Å². The number of amides is 2. The predicted molar refractivity (Wildman–Crippen MR) is 114 cm³/mol. The number of nitrogens with one attached hydrogen (secondary N) is 2. The van der Waals surface area contributed by atoms with Crippen LogP contribution in [0.5, 0.6) is 11.5 Å². The van der Waals surface area contributed by atoms with E-state index in [2.05, 4.69) is 20.8 Å². The lowest BCUT2D eigenvalue weighted by Crippen LogP contribution is -2.19. The molecule has 2 N–H and O–H groups in total. The molecule has 0 saturated heterocycles. The van der Waals surface area contributed by atoms with E-state index < -0.39 is 0 Å². The standard InChI is InChI=1S/C23H20N4O3/c28-23(26-22-14-21(27-30-22)15-3-1-4-15)25-17-6-8-18(9-7-17)29-19-10-11-20-16(13-19)5-2-12-24-20/h2,5-15H,1,3-4H2,(H2,25,26,28). The van der Waals surface area contributed by atoms with Gasteiger partial charge in [-0.1, -0.05) is 17.6 Å². The first-order chi connectivity index (χ1) is 14.7. The molecule has 2 aromatic heterocycles. The second-order valence-electron chi connectivity index (χ2n) is 7.31. The molecule has 30 heavy (non-hydrogen) atoms. The molecule has 1 aliphatic carbocycles. The van der Waals surface area contributed by atoms with Crippen LogP contribution in [0.25, 0.3) is 10.9 Å². The average molecular weight is 400 g/mol. The fourth-order valence-corrected chi connectivity index (χ4v) is 3.38. The lowest BCUT2D eigenvalue weighted by atomic mass is 9.83. The summed E-state index contributed by atoms with van der Waals surface area (Å²) in [4.78, 5) is 16.5. The molecule has 0 spiro atoms. The minimum Gasteiger partial charge on any atom is -0.457 e. The second kappa shape index (κ2) is 7.87. The van der Waals surface area contributed by atoms with Crippen LogP contribution < -0.4 is 15.4 Å². The van der Waals surface area contributed by atoms with Crippen LogP contribution in [-0.4, -0.2) is 16.2 Å². The lowest BCUT2D eigenvalue weighted by Gasteiger charge is -2.22. The van der Waals surface area contributed by atoms with Crippen molar-refractivity contribution in [3.05, 3.63) is 72.6 Å². The Labute approximate surface area is 173 Å². The quantitative estimate of drug-likeness (QED) is 0.434. The van der Waals surface area contributed by atoms with Crippen LogP contribution in [0.1, 0.15) is 30.9 Å². The van der Waals surface area contributed by atoms with Gasteiger partial charge in [0.2, 0.25) is 5.88 Å². The molecule has 150 valence electrons. The number of anilines is 2. The molecule has 0 radical (unpaired) electrons. The molecular formula is C23H20N4O3. The summed E-state index contributed by atoms with van der Waals surface area (Å²) in [5.41, 5.74) is 2.46. The number of benzene rings is 2. The van der Waals surface area contributed by atoms with Crippen LogP contribution in [0, 0.1) is 0 Å². The minimum absolute atomic E-state index is 0.347. The molecule has 2 heterocycles. The molecule has 7 heteroatoms. The molecule has 1 aliphatic rings. The highest BCUT2D eigenvalue weighted by Crippen LogP contribution is 2.36. The van der Waals surface area contributed by atoms with Crippen LogP contribution in [0.4, 0.5) is 16.4 Å². The Hall–Kier alpha value is -3.87. The number of urea groups is 1. The maximum absolute atomic E-state index is 12.2. The normalized spacial score (nSPS) is 13.6. The number of hydrogen-bond donors (Lipinski definition) is 2. The van der Waals surface area contributed by atoms with Crippen molar-refractivity contribution >= 4 is 28.5 Å². The Morgan fingerprint density at radius 1 is 1.00 bits per heavy atom. The van der Waals surface area contributed by atoms with Gasteiger partial charge in [-0.15, -0.1) is 0 Å². The van der Waals surface area contributed by atoms with Crippen LogP contribution in [0.3, 0.4) is 0 Å². The molecule has 0 atom stereocenters. The number of carbonyl (C=O) groups excluding carboxylic acids is 1. The van der Waals surface area contributed by atoms with Gasteiger partial charge in [0.25, 0.3) is 0 Å². The molecule has 5 rings (SSSR count). The third-order valence-electron chi connectivity index (χ3n) is 5.21. The van der Waals surface area contributed by atoms with Crippen molar-refractivity contribution in [3.8, 4) is 11.5 Å². The lowest BCUT2D eigenvalue weighted by molar-refractivity contribution is 0.261. The Bertz CT molecular complexity index is 1180. The molecule has 1 fully saturated rings. The molecular weight excluding hydrogens is 380 g/mol. The van der Waals surface area contributed by atoms with Gasteiger partial charge >= 0.3 is 6.03 Å². The highest BCUT2D eigenvalue weighted by molar-refractivity contribution is 5.98. The van der Waals surface area contributed by atoms with Gasteiger partial charge < -0.3 is 14.6 Å². The zero-order valence-corrected chi connectivity index (χ0v) is 16.2. The van der Waals surface area contributed by atoms with Gasteiger partial charge in [-0.2, -0.15) is 0 Å². The fourth-order valence-electron chi connectivity index (χ4n) is 3.38. The molecule has 2 amide bonds. The maximum atomic E-state index is 12.2. The number of ether oxygens (including phenoxy) is 1. The Balaban J connectivity index is 1.19. The van der Waals surface area contributed by atoms with E-state index in [9.17, 15) is 4.79 Å². The molecule has 1 saturated carbocycles. The first kappa shape index (κ1) is 18.2. The zero-order chi connectivity index (χ0) is 20.3. The van der Waals surface area contributed by atoms with Crippen molar-refractivity contribution in [2.24, 2.45) is 0 Å². The van der Waals surface area contributed by atoms with Gasteiger partial charge in [-0.3, -0.25) is 10.3 Å². The summed E-state index contributed by atoms with van der Waals surface area (Å²) in [7, 11) is 0. The van der Waals surface area contributed by atoms with Gasteiger partial charge in [0, 0.05) is 29.3 Å². The minimum atomic E-state index is -0.387. The number of rotatable bonds is 5. The topological polar surface area (TPSA) is 89.3 Å². The summed E-state index contributed by atoms with van der Waals surface area (Å²) >= 11 is 0. The maximum Gasteiger partial charge on any atom is 0.326 e. The van der Waals surface area contributed by atoms with Crippen LogP contribution in [-0.2, 0) is 0 Å². The largest absolute Gasteiger partial charge is 0.457 e. The van der Waals surface area contributed by atoms with E-state index in [4.69, 9.17) is 9.26 Å². The number of nitrogens with zero attached hydrogens (tertiary/aromatic N) is 2. The SMILES string of the molecule is O=C(Nc1ccc(Oc2ccc3ncccc3c2)cc1)Nc1cc(C2CCC2)no1. The van der Waals surface area contributed by atoms with Gasteiger partial charge in [0.05, 0.1) is 11.2 Å². The highest BCUT2D eigenvalue weighted by Gasteiger charge is 2.23. The van der Waals surface area contributed by atoms with Crippen LogP contribution >= 0.6 is 0 Å². The summed E-state index contributed by atoms with van der Waals surface area (Å²) in [6.07, 6.45) is 5.24. The van der Waals surface area contributed by atoms with Crippen molar-refractivity contribution < 1.29 is 14.1 Å². The highest BCUT2D eigenvalue weighted by atomic mass is 16.5. The molecule has 2 aromatic carbocycles. The summed E-state index contributed by atoms with van der Waals surface area (Å²) < 4.78 is 11.1. The van der Waals surface area contributed by atoms with Gasteiger partial charge in [-0.25, -0.2) is 4.79 Å². The number of carbonyl (C=O) groups is 1. The summed E-state index contributed by atoms with van der Waals surface area (Å²) in [6.45, 7) is 0. The monoisotopic (exact) mass is 400 g/mol. The number of pyridine rings is 1. The third-order valence-corrected chi connectivity index (χ3v) is 5.21. The molecule has 7 nitrogen and oxygen atoms in total. The van der Waals surface area contributed by atoms with Gasteiger partial charge in [0.15, 0.2) is 0 Å². The van der Waals surface area contributed by atoms with E-state index in [1.54, 1.807) is 36.5 Å². The smallest absolute Gasteiger partial charge is 0.326 e. The van der Waals surface area contributed by atoms with E-state index in [1.807, 2.05) is 30.3 Å². The van der Waals surface area contributed by atoms with Crippen molar-refractivity contribution in [1.82, 2.24) is 10.1 Å². The van der Waals surface area contributed by atoms with E-state index in [0.717, 1.165) is 35.2 Å².